The minimum atomic E-state index is -0.221. The van der Waals surface area contributed by atoms with Crippen molar-refractivity contribution in [2.24, 2.45) is 0 Å². The zero-order chi connectivity index (χ0) is 15.2. The Balaban J connectivity index is 1.50. The molecule has 1 aromatic carbocycles. The number of benzene rings is 1. The lowest BCUT2D eigenvalue weighted by molar-refractivity contribution is -0.126. The van der Waals surface area contributed by atoms with Crippen LogP contribution in [0.5, 0.6) is 0 Å². The molecule has 0 bridgehead atoms. The van der Waals surface area contributed by atoms with E-state index in [1.807, 2.05) is 0 Å². The van der Waals surface area contributed by atoms with Gasteiger partial charge in [-0.25, -0.2) is 0 Å². The number of amides is 1. The molecular formula is C17H25N3O2. The lowest BCUT2D eigenvalue weighted by atomic mass is 10.1. The third kappa shape index (κ3) is 4.29. The van der Waals surface area contributed by atoms with Crippen molar-refractivity contribution < 1.29 is 9.53 Å². The van der Waals surface area contributed by atoms with Crippen LogP contribution in [0.1, 0.15) is 24.0 Å². The molecule has 120 valence electrons. The van der Waals surface area contributed by atoms with Gasteiger partial charge in [0, 0.05) is 19.6 Å². The normalized spacial score (nSPS) is 22.6. The van der Waals surface area contributed by atoms with E-state index in [9.17, 15) is 4.79 Å². The van der Waals surface area contributed by atoms with Crippen molar-refractivity contribution in [3.8, 4) is 0 Å². The molecular weight excluding hydrogens is 278 g/mol. The van der Waals surface area contributed by atoms with Crippen LogP contribution < -0.4 is 10.6 Å². The smallest absolute Gasteiger partial charge is 0.239 e. The molecule has 1 unspecified atom stereocenters. The average molecular weight is 303 g/mol. The van der Waals surface area contributed by atoms with Crippen molar-refractivity contribution in [2.75, 3.05) is 32.8 Å². The van der Waals surface area contributed by atoms with Crippen molar-refractivity contribution in [1.29, 1.82) is 0 Å². The van der Waals surface area contributed by atoms with Gasteiger partial charge in [-0.1, -0.05) is 24.3 Å². The molecule has 0 aliphatic carbocycles. The molecule has 1 atom stereocenters. The van der Waals surface area contributed by atoms with Gasteiger partial charge in [0.25, 0.3) is 0 Å². The highest BCUT2D eigenvalue weighted by molar-refractivity contribution is 5.81. The molecule has 5 heteroatoms. The Morgan fingerprint density at radius 2 is 2.14 bits per heavy atom. The quantitative estimate of drug-likeness (QED) is 0.848. The number of rotatable bonds is 5. The Kier molecular flexibility index (Phi) is 5.43. The Hall–Kier alpha value is -1.43. The van der Waals surface area contributed by atoms with Crippen LogP contribution in [0.4, 0.5) is 0 Å². The molecule has 1 amide bonds. The second kappa shape index (κ2) is 7.72. The highest BCUT2D eigenvalue weighted by atomic mass is 16.5. The van der Waals surface area contributed by atoms with Gasteiger partial charge in [-0.2, -0.15) is 0 Å². The Morgan fingerprint density at radius 1 is 1.32 bits per heavy atom. The van der Waals surface area contributed by atoms with Gasteiger partial charge in [0.15, 0.2) is 0 Å². The maximum Gasteiger partial charge on any atom is 0.239 e. The van der Waals surface area contributed by atoms with E-state index in [0.717, 1.165) is 18.7 Å². The first-order chi connectivity index (χ1) is 10.8. The van der Waals surface area contributed by atoms with Crippen molar-refractivity contribution in [2.45, 2.75) is 32.0 Å². The van der Waals surface area contributed by atoms with Crippen LogP contribution in [0, 0.1) is 0 Å². The summed E-state index contributed by atoms with van der Waals surface area (Å²) in [5, 5.41) is 6.17. The summed E-state index contributed by atoms with van der Waals surface area (Å²) in [5.74, 6) is 0.0182. The Morgan fingerprint density at radius 3 is 2.91 bits per heavy atom. The van der Waals surface area contributed by atoms with Crippen LogP contribution >= 0.6 is 0 Å². The van der Waals surface area contributed by atoms with E-state index in [2.05, 4.69) is 39.8 Å². The number of ether oxygens (including phenoxy) is 1. The van der Waals surface area contributed by atoms with Gasteiger partial charge in [0.05, 0.1) is 13.2 Å². The first-order valence-electron chi connectivity index (χ1n) is 8.20. The first kappa shape index (κ1) is 15.5. The number of nitrogens with one attached hydrogen (secondary N) is 2. The Bertz CT molecular complexity index is 494. The molecule has 3 rings (SSSR count). The van der Waals surface area contributed by atoms with Gasteiger partial charge in [-0.05, 0) is 37.1 Å². The third-order valence-electron chi connectivity index (χ3n) is 4.30. The molecule has 0 saturated carbocycles. The number of likely N-dealkylation sites (tertiary alicyclic amines) is 1. The maximum atomic E-state index is 12.1. The van der Waals surface area contributed by atoms with Gasteiger partial charge in [-0.3, -0.25) is 9.69 Å². The molecule has 2 heterocycles. The van der Waals surface area contributed by atoms with Crippen molar-refractivity contribution in [3.05, 3.63) is 35.4 Å². The van der Waals surface area contributed by atoms with Crippen LogP contribution in [0.3, 0.4) is 0 Å². The van der Waals surface area contributed by atoms with Gasteiger partial charge < -0.3 is 15.4 Å². The molecule has 2 aliphatic rings. The fourth-order valence-electron chi connectivity index (χ4n) is 3.08. The highest BCUT2D eigenvalue weighted by Gasteiger charge is 2.20. The monoisotopic (exact) mass is 303 g/mol. The molecule has 2 fully saturated rings. The predicted molar refractivity (Wildman–Crippen MR) is 85.4 cm³/mol. The number of carbonyl (C=O) groups is 1. The summed E-state index contributed by atoms with van der Waals surface area (Å²) < 4.78 is 5.32. The lowest BCUT2D eigenvalue weighted by Crippen LogP contribution is -2.51. The van der Waals surface area contributed by atoms with E-state index in [1.54, 1.807) is 0 Å². The van der Waals surface area contributed by atoms with E-state index in [-0.39, 0.29) is 11.9 Å². The van der Waals surface area contributed by atoms with Gasteiger partial charge in [-0.15, -0.1) is 0 Å². The van der Waals surface area contributed by atoms with Crippen molar-refractivity contribution in [3.63, 3.8) is 0 Å². The second-order valence-electron chi connectivity index (χ2n) is 6.10. The maximum absolute atomic E-state index is 12.1. The van der Waals surface area contributed by atoms with Crippen LogP contribution in [-0.4, -0.2) is 49.7 Å². The van der Waals surface area contributed by atoms with Crippen LogP contribution in [0.25, 0.3) is 0 Å². The summed E-state index contributed by atoms with van der Waals surface area (Å²) in [6.45, 7) is 5.87. The number of carbonyl (C=O) groups excluding carboxylic acids is 1. The fourth-order valence-corrected chi connectivity index (χ4v) is 3.08. The van der Waals surface area contributed by atoms with Crippen molar-refractivity contribution in [1.82, 2.24) is 15.5 Å². The third-order valence-corrected chi connectivity index (χ3v) is 4.30. The number of hydrogen-bond acceptors (Lipinski definition) is 4. The lowest BCUT2D eigenvalue weighted by Gasteiger charge is -2.23. The zero-order valence-corrected chi connectivity index (χ0v) is 13.0. The summed E-state index contributed by atoms with van der Waals surface area (Å²) >= 11 is 0. The fraction of sp³-hybridized carbons (Fsp3) is 0.588. The number of hydrogen-bond donors (Lipinski definition) is 2. The standard InChI is InChI=1S/C17H25N3O2/c21-17(16-13-22-9-6-18-16)19-11-14-4-3-5-15(10-14)12-20-7-1-2-8-20/h3-5,10,16,18H,1-2,6-9,11-13H2,(H,19,21). The number of nitrogens with zero attached hydrogens (tertiary/aromatic N) is 1. The second-order valence-corrected chi connectivity index (χ2v) is 6.10. The Labute approximate surface area is 132 Å². The summed E-state index contributed by atoms with van der Waals surface area (Å²) in [4.78, 5) is 14.6. The molecule has 2 aliphatic heterocycles. The van der Waals surface area contributed by atoms with Crippen LogP contribution in [0.15, 0.2) is 24.3 Å². The summed E-state index contributed by atoms with van der Waals surface area (Å²) in [7, 11) is 0. The zero-order valence-electron chi connectivity index (χ0n) is 13.0. The summed E-state index contributed by atoms with van der Waals surface area (Å²) in [6.07, 6.45) is 2.62. The molecule has 0 spiro atoms. The largest absolute Gasteiger partial charge is 0.378 e. The molecule has 0 aromatic heterocycles. The predicted octanol–water partition coefficient (Wildman–Crippen LogP) is 0.887. The van der Waals surface area contributed by atoms with Crippen LogP contribution in [0.2, 0.25) is 0 Å². The van der Waals surface area contributed by atoms with Crippen molar-refractivity contribution >= 4 is 5.91 Å². The highest BCUT2D eigenvalue weighted by Crippen LogP contribution is 2.13. The van der Waals surface area contributed by atoms with Gasteiger partial charge >= 0.3 is 0 Å². The topological polar surface area (TPSA) is 53.6 Å². The van der Waals surface area contributed by atoms with E-state index in [4.69, 9.17) is 4.74 Å². The SMILES string of the molecule is O=C(NCc1cccc(CN2CCCC2)c1)C1COCCN1. The van der Waals surface area contributed by atoms with Crippen LogP contribution in [-0.2, 0) is 22.6 Å². The first-order valence-corrected chi connectivity index (χ1v) is 8.20. The summed E-state index contributed by atoms with van der Waals surface area (Å²) in [6, 6.07) is 8.29. The van der Waals surface area contributed by atoms with E-state index < -0.39 is 0 Å². The van der Waals surface area contributed by atoms with E-state index in [1.165, 1.54) is 31.5 Å². The molecule has 0 radical (unpaired) electrons. The molecule has 5 nitrogen and oxygen atoms in total. The molecule has 1 aromatic rings. The van der Waals surface area contributed by atoms with Gasteiger partial charge in [0.2, 0.25) is 5.91 Å². The average Bonchev–Trinajstić information content (AvgIpc) is 3.07. The molecule has 2 N–H and O–H groups in total. The summed E-state index contributed by atoms with van der Waals surface area (Å²) in [5.41, 5.74) is 2.48. The molecule has 2 saturated heterocycles. The van der Waals surface area contributed by atoms with E-state index >= 15 is 0 Å². The minimum absolute atomic E-state index is 0.0182. The number of morpholine rings is 1. The van der Waals surface area contributed by atoms with E-state index in [0.29, 0.717) is 19.8 Å². The minimum Gasteiger partial charge on any atom is -0.378 e. The van der Waals surface area contributed by atoms with Gasteiger partial charge in [0.1, 0.15) is 6.04 Å². The molecule has 22 heavy (non-hydrogen) atoms.